The fraction of sp³-hybridized carbons (Fsp3) is 0.545. The molecule has 0 fully saturated rings. The molecule has 0 radical (unpaired) electrons. The molecule has 0 unspecified atom stereocenters. The van der Waals surface area contributed by atoms with Gasteiger partial charge in [0.1, 0.15) is 6.33 Å². The van der Waals surface area contributed by atoms with Crippen LogP contribution in [0.5, 0.6) is 0 Å². The fourth-order valence-electron chi connectivity index (χ4n) is 1.30. The molecule has 0 amide bonds. The molecule has 0 saturated heterocycles. The Morgan fingerprint density at radius 1 is 1.29 bits per heavy atom. The van der Waals surface area contributed by atoms with E-state index in [1.54, 1.807) is 6.20 Å². The highest BCUT2D eigenvalue weighted by molar-refractivity contribution is 5.98. The third-order valence-electron chi connectivity index (χ3n) is 2.08. The number of carbonyl (C=O) groups excluding carboxylic acids is 1. The summed E-state index contributed by atoms with van der Waals surface area (Å²) in [7, 11) is 0. The number of carbonyl (C=O) groups is 1. The summed E-state index contributed by atoms with van der Waals surface area (Å²) in [4.78, 5) is 19.8. The molecule has 0 spiro atoms. The van der Waals surface area contributed by atoms with Crippen molar-refractivity contribution in [2.24, 2.45) is 5.92 Å². The average molecular weight is 192 g/mol. The summed E-state index contributed by atoms with van der Waals surface area (Å²) < 4.78 is 0. The van der Waals surface area contributed by atoms with E-state index in [2.05, 4.69) is 9.97 Å². The summed E-state index contributed by atoms with van der Waals surface area (Å²) in [6.45, 7) is 7.83. The van der Waals surface area contributed by atoms with Crippen LogP contribution in [-0.2, 0) is 0 Å². The predicted molar refractivity (Wildman–Crippen MR) is 55.3 cm³/mol. The number of hydrogen-bond acceptors (Lipinski definition) is 3. The van der Waals surface area contributed by atoms with Gasteiger partial charge in [0.15, 0.2) is 5.78 Å². The molecule has 0 saturated carbocycles. The summed E-state index contributed by atoms with van der Waals surface area (Å²) in [5, 5.41) is 0. The first kappa shape index (κ1) is 10.8. The average Bonchev–Trinajstić information content (AvgIpc) is 2.16. The molecule has 1 heterocycles. The van der Waals surface area contributed by atoms with E-state index < -0.39 is 0 Å². The molecule has 3 heteroatoms. The van der Waals surface area contributed by atoms with Crippen LogP contribution in [0.15, 0.2) is 12.5 Å². The smallest absolute Gasteiger partial charge is 0.168 e. The van der Waals surface area contributed by atoms with Crippen LogP contribution in [0.1, 0.15) is 49.7 Å². The molecule has 3 nitrogen and oxygen atoms in total. The Hall–Kier alpha value is -1.25. The van der Waals surface area contributed by atoms with E-state index in [4.69, 9.17) is 0 Å². The second-order valence-electron chi connectivity index (χ2n) is 4.00. The normalized spacial score (nSPS) is 11.0. The zero-order valence-electron chi connectivity index (χ0n) is 9.11. The monoisotopic (exact) mass is 192 g/mol. The minimum absolute atomic E-state index is 0.00139. The van der Waals surface area contributed by atoms with Gasteiger partial charge in [-0.05, 0) is 5.92 Å². The van der Waals surface area contributed by atoms with Gasteiger partial charge in [-0.1, -0.05) is 27.7 Å². The van der Waals surface area contributed by atoms with E-state index in [0.717, 1.165) is 5.69 Å². The molecule has 0 aliphatic heterocycles. The molecule has 0 atom stereocenters. The lowest BCUT2D eigenvalue weighted by Crippen LogP contribution is -2.13. The van der Waals surface area contributed by atoms with Crippen LogP contribution in [0.3, 0.4) is 0 Å². The second-order valence-corrected chi connectivity index (χ2v) is 4.00. The van der Waals surface area contributed by atoms with E-state index in [1.165, 1.54) is 6.33 Å². The lowest BCUT2D eigenvalue weighted by molar-refractivity contribution is 0.0937. The van der Waals surface area contributed by atoms with Gasteiger partial charge in [0.25, 0.3) is 0 Å². The van der Waals surface area contributed by atoms with Gasteiger partial charge in [-0.25, -0.2) is 9.97 Å². The number of hydrogen-bond donors (Lipinski definition) is 0. The number of Topliss-reactive ketones (excluding diaryl/α,β-unsaturated/α-hetero) is 1. The summed E-state index contributed by atoms with van der Waals surface area (Å²) in [6.07, 6.45) is 3.11. The molecule has 1 aromatic heterocycles. The molecule has 0 aliphatic rings. The van der Waals surface area contributed by atoms with Crippen molar-refractivity contribution in [3.63, 3.8) is 0 Å². The molecule has 1 aromatic rings. The molecule has 0 N–H and O–H groups in total. The van der Waals surface area contributed by atoms with E-state index in [1.807, 2.05) is 27.7 Å². The number of ketones is 1. The first-order valence-electron chi connectivity index (χ1n) is 4.88. The predicted octanol–water partition coefficient (Wildman–Crippen LogP) is 2.44. The van der Waals surface area contributed by atoms with Crippen molar-refractivity contribution in [3.8, 4) is 0 Å². The summed E-state index contributed by atoms with van der Waals surface area (Å²) in [5.41, 5.74) is 1.51. The van der Waals surface area contributed by atoms with Crippen molar-refractivity contribution in [2.75, 3.05) is 0 Å². The van der Waals surface area contributed by atoms with Crippen molar-refractivity contribution >= 4 is 5.78 Å². The third kappa shape index (κ3) is 2.16. The van der Waals surface area contributed by atoms with Gasteiger partial charge in [-0.2, -0.15) is 0 Å². The molecule has 0 aliphatic carbocycles. The molecule has 76 valence electrons. The molecule has 1 rings (SSSR count). The number of nitrogens with zero attached hydrogens (tertiary/aromatic N) is 2. The fourth-order valence-corrected chi connectivity index (χ4v) is 1.30. The Balaban J connectivity index is 3.13. The van der Waals surface area contributed by atoms with Gasteiger partial charge in [0, 0.05) is 12.1 Å². The second kappa shape index (κ2) is 4.31. The Morgan fingerprint density at radius 3 is 2.43 bits per heavy atom. The summed E-state index contributed by atoms with van der Waals surface area (Å²) in [6, 6.07) is 0. The highest BCUT2D eigenvalue weighted by Gasteiger charge is 2.17. The largest absolute Gasteiger partial charge is 0.294 e. The first-order valence-corrected chi connectivity index (χ1v) is 4.88. The first-order chi connectivity index (χ1) is 6.54. The molecular formula is C11H16N2O. The van der Waals surface area contributed by atoms with Crippen LogP contribution < -0.4 is 0 Å². The van der Waals surface area contributed by atoms with E-state index in [-0.39, 0.29) is 17.6 Å². The maximum atomic E-state index is 11.8. The van der Waals surface area contributed by atoms with Crippen molar-refractivity contribution in [3.05, 3.63) is 23.8 Å². The van der Waals surface area contributed by atoms with Crippen molar-refractivity contribution < 1.29 is 4.79 Å². The zero-order chi connectivity index (χ0) is 10.7. The number of rotatable bonds is 3. The maximum Gasteiger partial charge on any atom is 0.168 e. The van der Waals surface area contributed by atoms with Crippen LogP contribution in [0, 0.1) is 5.92 Å². The summed E-state index contributed by atoms with van der Waals surface area (Å²) in [5.74, 6) is 0.378. The third-order valence-corrected chi connectivity index (χ3v) is 2.08. The molecular weight excluding hydrogens is 176 g/mol. The SMILES string of the molecule is CC(C)C(=O)c1cncnc1C(C)C. The van der Waals surface area contributed by atoms with Crippen molar-refractivity contribution in [1.29, 1.82) is 0 Å². The Morgan fingerprint density at radius 2 is 1.93 bits per heavy atom. The van der Waals surface area contributed by atoms with Gasteiger partial charge < -0.3 is 0 Å². The zero-order valence-corrected chi connectivity index (χ0v) is 9.11. The molecule has 0 aromatic carbocycles. The Kier molecular flexibility index (Phi) is 3.33. The van der Waals surface area contributed by atoms with Crippen LogP contribution >= 0.6 is 0 Å². The van der Waals surface area contributed by atoms with Gasteiger partial charge >= 0.3 is 0 Å². The quantitative estimate of drug-likeness (QED) is 0.691. The van der Waals surface area contributed by atoms with Crippen molar-refractivity contribution in [1.82, 2.24) is 9.97 Å². The van der Waals surface area contributed by atoms with Crippen LogP contribution in [0.2, 0.25) is 0 Å². The molecule has 0 bridgehead atoms. The van der Waals surface area contributed by atoms with Crippen LogP contribution in [-0.4, -0.2) is 15.8 Å². The Bertz CT molecular complexity index is 332. The topological polar surface area (TPSA) is 42.9 Å². The van der Waals surface area contributed by atoms with Gasteiger partial charge in [0.2, 0.25) is 0 Å². The van der Waals surface area contributed by atoms with E-state index >= 15 is 0 Å². The van der Waals surface area contributed by atoms with Gasteiger partial charge in [0.05, 0.1) is 11.3 Å². The standard InChI is InChI=1S/C11H16N2O/c1-7(2)10-9(5-12-6-13-10)11(14)8(3)4/h5-8H,1-4H3. The highest BCUT2D eigenvalue weighted by atomic mass is 16.1. The minimum Gasteiger partial charge on any atom is -0.294 e. The minimum atomic E-state index is -0.00139. The van der Waals surface area contributed by atoms with Crippen molar-refractivity contribution in [2.45, 2.75) is 33.6 Å². The van der Waals surface area contributed by atoms with E-state index in [9.17, 15) is 4.79 Å². The highest BCUT2D eigenvalue weighted by Crippen LogP contribution is 2.18. The van der Waals surface area contributed by atoms with Gasteiger partial charge in [-0.3, -0.25) is 4.79 Å². The number of aromatic nitrogens is 2. The lowest BCUT2D eigenvalue weighted by atomic mass is 9.96. The van der Waals surface area contributed by atoms with Crippen LogP contribution in [0.25, 0.3) is 0 Å². The van der Waals surface area contributed by atoms with Gasteiger partial charge in [-0.15, -0.1) is 0 Å². The summed E-state index contributed by atoms with van der Waals surface area (Å²) >= 11 is 0. The lowest BCUT2D eigenvalue weighted by Gasteiger charge is -2.10. The Labute approximate surface area is 84.6 Å². The van der Waals surface area contributed by atoms with Crippen LogP contribution in [0.4, 0.5) is 0 Å². The van der Waals surface area contributed by atoms with E-state index in [0.29, 0.717) is 5.56 Å². The maximum absolute atomic E-state index is 11.8. The molecule has 14 heavy (non-hydrogen) atoms.